The number of benzene rings is 2. The Morgan fingerprint density at radius 3 is 2.73 bits per heavy atom. The minimum Gasteiger partial charge on any atom is -0.493 e. The number of amides is 1. The maximum Gasteiger partial charge on any atom is 0.257 e. The van der Waals surface area contributed by atoms with E-state index in [4.69, 9.17) is 18.4 Å². The number of carbonyl (C=O) groups is 1. The Morgan fingerprint density at radius 2 is 1.93 bits per heavy atom. The molecule has 0 aliphatic carbocycles. The lowest BCUT2D eigenvalue weighted by Crippen LogP contribution is -2.24. The SMILES string of the molecule is COc1ccc(-c2cc(CNC(=O)CSc3nc4ccccc4o3)no2)cc1OC. The number of nitrogens with one attached hydrogen (secondary N) is 1. The number of rotatable bonds is 8. The fourth-order valence-corrected chi connectivity index (χ4v) is 3.47. The maximum atomic E-state index is 12.1. The van der Waals surface area contributed by atoms with Crippen LogP contribution in [0.4, 0.5) is 0 Å². The molecule has 1 amide bonds. The van der Waals surface area contributed by atoms with Crippen molar-refractivity contribution in [3.05, 3.63) is 54.2 Å². The lowest BCUT2D eigenvalue weighted by Gasteiger charge is -2.07. The number of thioether (sulfide) groups is 1. The van der Waals surface area contributed by atoms with Gasteiger partial charge in [0.1, 0.15) is 11.2 Å². The van der Waals surface area contributed by atoms with Gasteiger partial charge in [0.2, 0.25) is 5.91 Å². The maximum absolute atomic E-state index is 12.1. The fraction of sp³-hybridized carbons (Fsp3) is 0.190. The topological polar surface area (TPSA) is 99.6 Å². The molecule has 154 valence electrons. The van der Waals surface area contributed by atoms with Gasteiger partial charge in [0.05, 0.1) is 26.5 Å². The molecule has 0 atom stereocenters. The highest BCUT2D eigenvalue weighted by Crippen LogP contribution is 2.32. The van der Waals surface area contributed by atoms with Gasteiger partial charge in [0.15, 0.2) is 22.8 Å². The van der Waals surface area contributed by atoms with Gasteiger partial charge in [-0.15, -0.1) is 0 Å². The van der Waals surface area contributed by atoms with E-state index >= 15 is 0 Å². The predicted octanol–water partition coefficient (Wildman–Crippen LogP) is 3.91. The summed E-state index contributed by atoms with van der Waals surface area (Å²) in [4.78, 5) is 16.5. The standard InChI is InChI=1S/C21H19N3O5S/c1-26-17-8-7-13(9-19(17)27-2)18-10-14(24-29-18)11-22-20(25)12-30-21-23-15-5-3-4-6-16(15)28-21/h3-10H,11-12H2,1-2H3,(H,22,25). The molecule has 4 rings (SSSR count). The quantitative estimate of drug-likeness (QED) is 0.424. The molecular formula is C21H19N3O5S. The zero-order valence-corrected chi connectivity index (χ0v) is 17.2. The summed E-state index contributed by atoms with van der Waals surface area (Å²) < 4.78 is 21.5. The number of hydrogen-bond donors (Lipinski definition) is 1. The number of methoxy groups -OCH3 is 2. The highest BCUT2D eigenvalue weighted by atomic mass is 32.2. The second-order valence-electron chi connectivity index (χ2n) is 6.27. The Balaban J connectivity index is 1.32. The summed E-state index contributed by atoms with van der Waals surface area (Å²) in [6, 6.07) is 14.7. The van der Waals surface area contributed by atoms with Crippen molar-refractivity contribution in [1.82, 2.24) is 15.5 Å². The Labute approximate surface area is 176 Å². The van der Waals surface area contributed by atoms with Gasteiger partial charge in [-0.25, -0.2) is 4.98 Å². The van der Waals surface area contributed by atoms with Crippen LogP contribution in [0.1, 0.15) is 5.69 Å². The number of para-hydroxylation sites is 2. The average Bonchev–Trinajstić information content (AvgIpc) is 3.42. The Kier molecular flexibility index (Phi) is 5.89. The Bertz CT molecular complexity index is 1140. The predicted molar refractivity (Wildman–Crippen MR) is 112 cm³/mol. The summed E-state index contributed by atoms with van der Waals surface area (Å²) in [7, 11) is 3.15. The van der Waals surface area contributed by atoms with Gasteiger partial charge < -0.3 is 23.7 Å². The number of nitrogens with zero attached hydrogens (tertiary/aromatic N) is 2. The summed E-state index contributed by atoms with van der Waals surface area (Å²) in [5.74, 6) is 1.83. The van der Waals surface area contributed by atoms with Crippen LogP contribution in [0.25, 0.3) is 22.4 Å². The summed E-state index contributed by atoms with van der Waals surface area (Å²) in [6.45, 7) is 0.254. The largest absolute Gasteiger partial charge is 0.493 e. The fourth-order valence-electron chi connectivity index (χ4n) is 2.80. The highest BCUT2D eigenvalue weighted by Gasteiger charge is 2.13. The third-order valence-corrected chi connectivity index (χ3v) is 5.12. The first-order valence-corrected chi connectivity index (χ1v) is 10.1. The molecule has 2 aromatic carbocycles. The number of fused-ring (bicyclic) bond motifs is 1. The van der Waals surface area contributed by atoms with Crippen LogP contribution in [0.15, 0.2) is 62.7 Å². The van der Waals surface area contributed by atoms with Gasteiger partial charge in [-0.3, -0.25) is 4.79 Å². The molecule has 8 nitrogen and oxygen atoms in total. The zero-order valence-electron chi connectivity index (χ0n) is 16.4. The molecular weight excluding hydrogens is 406 g/mol. The van der Waals surface area contributed by atoms with Gasteiger partial charge >= 0.3 is 0 Å². The zero-order chi connectivity index (χ0) is 20.9. The van der Waals surface area contributed by atoms with Crippen molar-refractivity contribution in [1.29, 1.82) is 0 Å². The van der Waals surface area contributed by atoms with Crippen molar-refractivity contribution in [2.24, 2.45) is 0 Å². The van der Waals surface area contributed by atoms with Crippen LogP contribution in [0, 0.1) is 0 Å². The number of aromatic nitrogens is 2. The van der Waals surface area contributed by atoms with E-state index in [1.54, 1.807) is 32.4 Å². The lowest BCUT2D eigenvalue weighted by atomic mass is 10.1. The van der Waals surface area contributed by atoms with Crippen molar-refractivity contribution in [2.75, 3.05) is 20.0 Å². The van der Waals surface area contributed by atoms with E-state index in [1.165, 1.54) is 11.8 Å². The molecule has 2 aromatic heterocycles. The molecule has 0 fully saturated rings. The van der Waals surface area contributed by atoms with E-state index in [1.807, 2.05) is 30.3 Å². The first-order valence-electron chi connectivity index (χ1n) is 9.09. The average molecular weight is 425 g/mol. The monoisotopic (exact) mass is 425 g/mol. The number of ether oxygens (including phenoxy) is 2. The summed E-state index contributed by atoms with van der Waals surface area (Å²) in [5.41, 5.74) is 2.88. The van der Waals surface area contributed by atoms with E-state index in [2.05, 4.69) is 15.5 Å². The minimum absolute atomic E-state index is 0.155. The molecule has 0 aliphatic rings. The van der Waals surface area contributed by atoms with Crippen LogP contribution in [0.3, 0.4) is 0 Å². The molecule has 30 heavy (non-hydrogen) atoms. The molecule has 0 saturated heterocycles. The molecule has 0 radical (unpaired) electrons. The normalized spacial score (nSPS) is 10.9. The van der Waals surface area contributed by atoms with Gasteiger partial charge in [0.25, 0.3) is 5.22 Å². The van der Waals surface area contributed by atoms with Gasteiger partial charge in [-0.05, 0) is 30.3 Å². The third-order valence-electron chi connectivity index (χ3n) is 4.29. The molecule has 1 N–H and O–H groups in total. The molecule has 0 saturated carbocycles. The third kappa shape index (κ3) is 4.41. The van der Waals surface area contributed by atoms with Gasteiger partial charge in [0, 0.05) is 11.6 Å². The van der Waals surface area contributed by atoms with Crippen molar-refractivity contribution in [3.8, 4) is 22.8 Å². The molecule has 0 bridgehead atoms. The minimum atomic E-state index is -0.155. The Hall–Kier alpha value is -3.46. The van der Waals surface area contributed by atoms with Crippen LogP contribution in [0.5, 0.6) is 11.5 Å². The smallest absolute Gasteiger partial charge is 0.257 e. The molecule has 0 aliphatic heterocycles. The number of carbonyl (C=O) groups excluding carboxylic acids is 1. The van der Waals surface area contributed by atoms with Crippen molar-refractivity contribution in [3.63, 3.8) is 0 Å². The molecule has 2 heterocycles. The van der Waals surface area contributed by atoms with E-state index < -0.39 is 0 Å². The number of hydrogen-bond acceptors (Lipinski definition) is 8. The summed E-state index contributed by atoms with van der Waals surface area (Å²) in [5, 5.41) is 7.28. The highest BCUT2D eigenvalue weighted by molar-refractivity contribution is 7.99. The van der Waals surface area contributed by atoms with Crippen LogP contribution >= 0.6 is 11.8 Å². The Morgan fingerprint density at radius 1 is 1.10 bits per heavy atom. The lowest BCUT2D eigenvalue weighted by molar-refractivity contribution is -0.118. The molecule has 0 unspecified atom stereocenters. The van der Waals surface area contributed by atoms with E-state index in [0.717, 1.165) is 11.1 Å². The summed E-state index contributed by atoms with van der Waals surface area (Å²) >= 11 is 1.24. The van der Waals surface area contributed by atoms with Crippen LogP contribution in [0.2, 0.25) is 0 Å². The van der Waals surface area contributed by atoms with Crippen molar-refractivity contribution < 1.29 is 23.2 Å². The van der Waals surface area contributed by atoms with E-state index in [-0.39, 0.29) is 18.2 Å². The van der Waals surface area contributed by atoms with Gasteiger partial charge in [-0.1, -0.05) is 29.1 Å². The number of oxazole rings is 1. The van der Waals surface area contributed by atoms with Crippen LogP contribution in [-0.4, -0.2) is 36.0 Å². The van der Waals surface area contributed by atoms with Gasteiger partial charge in [-0.2, -0.15) is 0 Å². The van der Waals surface area contributed by atoms with E-state index in [0.29, 0.717) is 33.8 Å². The first-order chi connectivity index (χ1) is 14.7. The summed E-state index contributed by atoms with van der Waals surface area (Å²) in [6.07, 6.45) is 0. The first kappa shape index (κ1) is 19.8. The molecule has 4 aromatic rings. The second-order valence-corrected chi connectivity index (χ2v) is 7.19. The molecule has 0 spiro atoms. The molecule has 9 heteroatoms. The van der Waals surface area contributed by atoms with Crippen LogP contribution < -0.4 is 14.8 Å². The van der Waals surface area contributed by atoms with Crippen molar-refractivity contribution in [2.45, 2.75) is 11.8 Å². The van der Waals surface area contributed by atoms with E-state index in [9.17, 15) is 4.79 Å². The van der Waals surface area contributed by atoms with Crippen LogP contribution in [-0.2, 0) is 11.3 Å². The second kappa shape index (κ2) is 8.91. The van der Waals surface area contributed by atoms with Crippen molar-refractivity contribution >= 4 is 28.8 Å².